The Morgan fingerprint density at radius 1 is 1.14 bits per heavy atom. The molecule has 0 fully saturated rings. The lowest BCUT2D eigenvalue weighted by Gasteiger charge is -2.09. The van der Waals surface area contributed by atoms with Crippen molar-refractivity contribution in [2.24, 2.45) is 0 Å². The van der Waals surface area contributed by atoms with E-state index in [1.54, 1.807) is 0 Å². The number of unbranched alkanes of at least 4 members (excludes halogenated alkanes) is 1. The lowest BCUT2D eigenvalue weighted by Crippen LogP contribution is -2.06. The number of nitrogens with zero attached hydrogens (tertiary/aromatic N) is 2. The molecule has 1 aromatic carbocycles. The maximum absolute atomic E-state index is 13.6. The summed E-state index contributed by atoms with van der Waals surface area (Å²) in [6, 6.07) is 5.26. The Morgan fingerprint density at radius 2 is 1.95 bits per heavy atom. The highest BCUT2D eigenvalue weighted by Crippen LogP contribution is 2.19. The van der Waals surface area contributed by atoms with Crippen molar-refractivity contribution in [2.75, 3.05) is 0 Å². The van der Waals surface area contributed by atoms with E-state index in [0.717, 1.165) is 56.1 Å². The van der Waals surface area contributed by atoms with E-state index in [0.29, 0.717) is 5.88 Å². The van der Waals surface area contributed by atoms with Crippen molar-refractivity contribution in [3.05, 3.63) is 47.2 Å². The maximum atomic E-state index is 13.6. The van der Waals surface area contributed by atoms with Crippen molar-refractivity contribution in [3.63, 3.8) is 0 Å². The smallest absolute Gasteiger partial charge is 0.212 e. The van der Waals surface area contributed by atoms with Crippen LogP contribution in [0.2, 0.25) is 0 Å². The highest BCUT2D eigenvalue weighted by atomic mass is 19.1. The Bertz CT molecular complexity index is 611. The van der Waals surface area contributed by atoms with Crippen LogP contribution in [0.1, 0.15) is 44.4 Å². The molecule has 0 amide bonds. The van der Waals surface area contributed by atoms with E-state index >= 15 is 0 Å². The number of rotatable bonds is 8. The fourth-order valence-electron chi connectivity index (χ4n) is 2.22. The molecule has 0 N–H and O–H groups in total. The predicted octanol–water partition coefficient (Wildman–Crippen LogP) is 4.49. The number of ether oxygens (including phenoxy) is 1. The van der Waals surface area contributed by atoms with Crippen molar-refractivity contribution in [3.8, 4) is 5.88 Å². The van der Waals surface area contributed by atoms with Gasteiger partial charge in [0.05, 0.1) is 5.69 Å². The molecule has 0 aliphatic rings. The van der Waals surface area contributed by atoms with Crippen LogP contribution in [0.5, 0.6) is 5.88 Å². The molecule has 2 aromatic rings. The minimum atomic E-state index is -0.467. The van der Waals surface area contributed by atoms with Gasteiger partial charge in [-0.05, 0) is 31.0 Å². The molecule has 120 valence electrons. The molecule has 0 aliphatic carbocycles. The van der Waals surface area contributed by atoms with Crippen LogP contribution < -0.4 is 4.74 Å². The van der Waals surface area contributed by atoms with Crippen molar-refractivity contribution in [1.82, 2.24) is 9.78 Å². The van der Waals surface area contributed by atoms with Crippen molar-refractivity contribution in [1.29, 1.82) is 0 Å². The second-order valence-electron chi connectivity index (χ2n) is 5.33. The van der Waals surface area contributed by atoms with Crippen LogP contribution in [-0.2, 0) is 19.6 Å². The zero-order valence-electron chi connectivity index (χ0n) is 13.1. The van der Waals surface area contributed by atoms with Crippen molar-refractivity contribution < 1.29 is 13.5 Å². The molecule has 1 heterocycles. The Kier molecular flexibility index (Phi) is 5.92. The molecular weight excluding hydrogens is 286 g/mol. The molecule has 5 heteroatoms. The van der Waals surface area contributed by atoms with Crippen LogP contribution in [0.25, 0.3) is 0 Å². The summed E-state index contributed by atoms with van der Waals surface area (Å²) in [6.07, 6.45) is 3.94. The first kappa shape index (κ1) is 16.5. The summed E-state index contributed by atoms with van der Waals surface area (Å²) in [5.41, 5.74) is 1.17. The molecule has 0 spiro atoms. The van der Waals surface area contributed by atoms with Gasteiger partial charge in [0.1, 0.15) is 18.2 Å². The molecule has 2 rings (SSSR count). The van der Waals surface area contributed by atoms with Gasteiger partial charge >= 0.3 is 0 Å². The Balaban J connectivity index is 2.11. The van der Waals surface area contributed by atoms with Gasteiger partial charge in [-0.2, -0.15) is 5.10 Å². The lowest BCUT2D eigenvalue weighted by atomic mass is 10.2. The fraction of sp³-hybridized carbons (Fsp3) is 0.471. The minimum absolute atomic E-state index is 0.00697. The van der Waals surface area contributed by atoms with Gasteiger partial charge in [-0.1, -0.05) is 26.7 Å². The number of benzene rings is 1. The zero-order valence-corrected chi connectivity index (χ0v) is 13.1. The number of aromatic nitrogens is 2. The van der Waals surface area contributed by atoms with Gasteiger partial charge in [0, 0.05) is 18.2 Å². The highest BCUT2D eigenvalue weighted by molar-refractivity contribution is 5.20. The average Bonchev–Trinajstić information content (AvgIpc) is 2.88. The van der Waals surface area contributed by atoms with Crippen LogP contribution in [0.3, 0.4) is 0 Å². The van der Waals surface area contributed by atoms with E-state index in [2.05, 4.69) is 18.9 Å². The van der Waals surface area contributed by atoms with Crippen LogP contribution in [0, 0.1) is 11.6 Å². The summed E-state index contributed by atoms with van der Waals surface area (Å²) < 4.78 is 34.3. The SMILES string of the molecule is CCCCn1nc(CCC)cc1OCc1cc(F)ccc1F. The minimum Gasteiger partial charge on any atom is -0.473 e. The second-order valence-corrected chi connectivity index (χ2v) is 5.33. The van der Waals surface area contributed by atoms with E-state index in [1.807, 2.05) is 10.7 Å². The van der Waals surface area contributed by atoms with Gasteiger partial charge in [-0.15, -0.1) is 0 Å². The third-order valence-electron chi connectivity index (χ3n) is 3.41. The molecule has 0 radical (unpaired) electrons. The normalized spacial score (nSPS) is 10.9. The maximum Gasteiger partial charge on any atom is 0.212 e. The summed E-state index contributed by atoms with van der Waals surface area (Å²) in [5, 5.41) is 4.51. The Hall–Kier alpha value is -1.91. The predicted molar refractivity (Wildman–Crippen MR) is 81.8 cm³/mol. The molecule has 1 aromatic heterocycles. The molecule has 0 saturated carbocycles. The summed E-state index contributed by atoms with van der Waals surface area (Å²) in [7, 11) is 0. The van der Waals surface area contributed by atoms with E-state index in [1.165, 1.54) is 0 Å². The molecule has 3 nitrogen and oxygen atoms in total. The van der Waals surface area contributed by atoms with Gasteiger partial charge in [0.15, 0.2) is 0 Å². The fourth-order valence-corrected chi connectivity index (χ4v) is 2.22. The van der Waals surface area contributed by atoms with Gasteiger partial charge in [0.2, 0.25) is 5.88 Å². The molecule has 0 aliphatic heterocycles. The summed E-state index contributed by atoms with van der Waals surface area (Å²) in [6.45, 7) is 4.96. The van der Waals surface area contributed by atoms with Crippen LogP contribution in [0.15, 0.2) is 24.3 Å². The standard InChI is InChI=1S/C17H22F2N2O/c1-3-5-9-21-17(11-15(20-21)6-4-2)22-12-13-10-14(18)7-8-16(13)19/h7-8,10-11H,3-6,9,12H2,1-2H3. The third-order valence-corrected chi connectivity index (χ3v) is 3.41. The monoisotopic (exact) mass is 308 g/mol. The molecule has 0 bridgehead atoms. The first-order chi connectivity index (χ1) is 10.6. The largest absolute Gasteiger partial charge is 0.473 e. The average molecular weight is 308 g/mol. The summed E-state index contributed by atoms with van der Waals surface area (Å²) >= 11 is 0. The van der Waals surface area contributed by atoms with E-state index in [4.69, 9.17) is 4.74 Å². The highest BCUT2D eigenvalue weighted by Gasteiger charge is 2.11. The summed E-state index contributed by atoms with van der Waals surface area (Å²) in [4.78, 5) is 0. The first-order valence-corrected chi connectivity index (χ1v) is 7.77. The molecule has 22 heavy (non-hydrogen) atoms. The van der Waals surface area contributed by atoms with Crippen LogP contribution in [0.4, 0.5) is 8.78 Å². The molecule has 0 saturated heterocycles. The van der Waals surface area contributed by atoms with E-state index in [9.17, 15) is 8.78 Å². The number of hydrogen-bond donors (Lipinski definition) is 0. The third kappa shape index (κ3) is 4.29. The Labute approximate surface area is 129 Å². The second kappa shape index (κ2) is 7.92. The Morgan fingerprint density at radius 3 is 2.68 bits per heavy atom. The van der Waals surface area contributed by atoms with Gasteiger partial charge < -0.3 is 4.74 Å². The zero-order chi connectivity index (χ0) is 15.9. The van der Waals surface area contributed by atoms with Crippen LogP contribution in [-0.4, -0.2) is 9.78 Å². The van der Waals surface area contributed by atoms with Crippen LogP contribution >= 0.6 is 0 Å². The van der Waals surface area contributed by atoms with Crippen molar-refractivity contribution >= 4 is 0 Å². The van der Waals surface area contributed by atoms with Gasteiger partial charge in [-0.3, -0.25) is 0 Å². The lowest BCUT2D eigenvalue weighted by molar-refractivity contribution is 0.265. The molecule has 0 atom stereocenters. The van der Waals surface area contributed by atoms with Gasteiger partial charge in [0.25, 0.3) is 0 Å². The van der Waals surface area contributed by atoms with Crippen molar-refractivity contribution in [2.45, 2.75) is 52.7 Å². The number of aryl methyl sites for hydroxylation is 2. The van der Waals surface area contributed by atoms with Gasteiger partial charge in [-0.25, -0.2) is 13.5 Å². The first-order valence-electron chi connectivity index (χ1n) is 7.77. The number of halogens is 2. The quantitative estimate of drug-likeness (QED) is 0.718. The number of hydrogen-bond acceptors (Lipinski definition) is 2. The molecular formula is C17H22F2N2O. The van der Waals surface area contributed by atoms with E-state index in [-0.39, 0.29) is 12.2 Å². The topological polar surface area (TPSA) is 27.1 Å². The molecule has 0 unspecified atom stereocenters. The summed E-state index contributed by atoms with van der Waals surface area (Å²) in [5.74, 6) is -0.318. The van der Waals surface area contributed by atoms with E-state index < -0.39 is 11.6 Å².